The monoisotopic (exact) mass is 297 g/mol. The number of benzene rings is 1. The zero-order chi connectivity index (χ0) is 14.7. The molecule has 0 aliphatic carbocycles. The maximum absolute atomic E-state index is 12.2. The first-order chi connectivity index (χ1) is 9.52. The van der Waals surface area contributed by atoms with Gasteiger partial charge in [0.25, 0.3) is 0 Å². The Morgan fingerprint density at radius 1 is 1.65 bits per heavy atom. The molecule has 1 aromatic rings. The summed E-state index contributed by atoms with van der Waals surface area (Å²) in [6.45, 7) is 2.77. The van der Waals surface area contributed by atoms with Gasteiger partial charge in [-0.25, -0.2) is 0 Å². The molecule has 110 valence electrons. The number of hydrogen-bond acceptors (Lipinski definition) is 4. The zero-order valence-electron chi connectivity index (χ0n) is 11.5. The Kier molecular flexibility index (Phi) is 4.86. The Balaban J connectivity index is 2.02. The number of halogens is 1. The van der Waals surface area contributed by atoms with Crippen molar-refractivity contribution in [3.05, 3.63) is 23.2 Å². The van der Waals surface area contributed by atoms with Crippen LogP contribution in [-0.4, -0.2) is 41.1 Å². The molecule has 0 bridgehead atoms. The average Bonchev–Trinajstić information content (AvgIpc) is 2.90. The van der Waals surface area contributed by atoms with Gasteiger partial charge in [0.15, 0.2) is 0 Å². The van der Waals surface area contributed by atoms with Gasteiger partial charge in [-0.05, 0) is 44.5 Å². The Morgan fingerprint density at radius 3 is 3.05 bits per heavy atom. The van der Waals surface area contributed by atoms with Crippen LogP contribution >= 0.6 is 11.6 Å². The highest BCUT2D eigenvalue weighted by Gasteiger charge is 2.31. The Labute approximate surface area is 123 Å². The number of aliphatic hydroxyl groups is 1. The number of hydrogen-bond donors (Lipinski definition) is 3. The predicted molar refractivity (Wildman–Crippen MR) is 80.8 cm³/mol. The molecule has 1 heterocycles. The molecule has 20 heavy (non-hydrogen) atoms. The molecular weight excluding hydrogens is 278 g/mol. The van der Waals surface area contributed by atoms with E-state index in [1.165, 1.54) is 0 Å². The standard InChI is InChI=1S/C14H20ClN3O2/c1-9(18-6-2-3-11(18)8-19)14(20)17-10-4-5-12(15)13(16)7-10/h4-5,7,9,11,19H,2-3,6,8,16H2,1H3,(H,17,20). The summed E-state index contributed by atoms with van der Waals surface area (Å²) in [5.74, 6) is -0.105. The predicted octanol–water partition coefficient (Wildman–Crippen LogP) is 1.71. The second-order valence-corrected chi connectivity index (χ2v) is 5.53. The number of nitrogens with two attached hydrogens (primary N) is 1. The summed E-state index contributed by atoms with van der Waals surface area (Å²) in [7, 11) is 0. The minimum atomic E-state index is -0.286. The third kappa shape index (κ3) is 3.23. The number of rotatable bonds is 4. The average molecular weight is 298 g/mol. The van der Waals surface area contributed by atoms with E-state index in [1.54, 1.807) is 18.2 Å². The molecule has 1 fully saturated rings. The summed E-state index contributed by atoms with van der Waals surface area (Å²) in [5.41, 5.74) is 6.78. The van der Waals surface area contributed by atoms with Gasteiger partial charge in [0.1, 0.15) is 0 Å². The van der Waals surface area contributed by atoms with Crippen LogP contribution in [-0.2, 0) is 4.79 Å². The van der Waals surface area contributed by atoms with E-state index in [0.29, 0.717) is 16.4 Å². The van der Waals surface area contributed by atoms with Gasteiger partial charge in [0, 0.05) is 11.7 Å². The summed E-state index contributed by atoms with van der Waals surface area (Å²) < 4.78 is 0. The maximum atomic E-state index is 12.2. The number of nitrogens with one attached hydrogen (secondary N) is 1. The van der Waals surface area contributed by atoms with Crippen molar-refractivity contribution in [3.8, 4) is 0 Å². The van der Waals surface area contributed by atoms with Crippen molar-refractivity contribution in [2.45, 2.75) is 31.8 Å². The number of aliphatic hydroxyl groups excluding tert-OH is 1. The van der Waals surface area contributed by atoms with Crippen LogP contribution in [0, 0.1) is 0 Å². The highest BCUT2D eigenvalue weighted by Crippen LogP contribution is 2.24. The minimum absolute atomic E-state index is 0.0750. The van der Waals surface area contributed by atoms with E-state index >= 15 is 0 Å². The summed E-state index contributed by atoms with van der Waals surface area (Å²) in [4.78, 5) is 14.3. The smallest absolute Gasteiger partial charge is 0.241 e. The van der Waals surface area contributed by atoms with Gasteiger partial charge in [-0.2, -0.15) is 0 Å². The Morgan fingerprint density at radius 2 is 2.40 bits per heavy atom. The van der Waals surface area contributed by atoms with Gasteiger partial charge in [-0.15, -0.1) is 0 Å². The number of carbonyl (C=O) groups excluding carboxylic acids is 1. The van der Waals surface area contributed by atoms with Crippen LogP contribution in [0.5, 0.6) is 0 Å². The molecule has 1 aliphatic heterocycles. The number of likely N-dealkylation sites (tertiary alicyclic amines) is 1. The van der Waals surface area contributed by atoms with Crippen molar-refractivity contribution in [1.29, 1.82) is 0 Å². The lowest BCUT2D eigenvalue weighted by atomic mass is 10.2. The topological polar surface area (TPSA) is 78.6 Å². The van der Waals surface area contributed by atoms with Gasteiger partial charge < -0.3 is 16.2 Å². The molecule has 1 aromatic carbocycles. The lowest BCUT2D eigenvalue weighted by Crippen LogP contribution is -2.45. The largest absolute Gasteiger partial charge is 0.397 e. The third-order valence-electron chi connectivity index (χ3n) is 3.77. The number of carbonyl (C=O) groups is 1. The molecule has 2 rings (SSSR count). The first kappa shape index (κ1) is 15.1. The van der Waals surface area contributed by atoms with E-state index in [2.05, 4.69) is 5.32 Å². The van der Waals surface area contributed by atoms with E-state index in [4.69, 9.17) is 17.3 Å². The molecule has 0 saturated carbocycles. The van der Waals surface area contributed by atoms with Crippen molar-refractivity contribution < 1.29 is 9.90 Å². The van der Waals surface area contributed by atoms with Crippen LogP contribution in [0.25, 0.3) is 0 Å². The van der Waals surface area contributed by atoms with Crippen molar-refractivity contribution in [2.24, 2.45) is 0 Å². The molecule has 0 radical (unpaired) electrons. The molecule has 0 aromatic heterocycles. The van der Waals surface area contributed by atoms with Crippen LogP contribution < -0.4 is 11.1 Å². The van der Waals surface area contributed by atoms with Crippen LogP contribution in [0.1, 0.15) is 19.8 Å². The van der Waals surface area contributed by atoms with Crippen LogP contribution in [0.15, 0.2) is 18.2 Å². The van der Waals surface area contributed by atoms with Gasteiger partial charge in [0.2, 0.25) is 5.91 Å². The fourth-order valence-corrected chi connectivity index (χ4v) is 2.70. The summed E-state index contributed by atoms with van der Waals surface area (Å²) in [6, 6.07) is 4.80. The quantitative estimate of drug-likeness (QED) is 0.739. The van der Waals surface area contributed by atoms with Gasteiger partial charge in [-0.1, -0.05) is 11.6 Å². The molecule has 2 atom stereocenters. The molecular formula is C14H20ClN3O2. The van der Waals surface area contributed by atoms with Crippen molar-refractivity contribution in [2.75, 3.05) is 24.2 Å². The van der Waals surface area contributed by atoms with Gasteiger partial charge in [0.05, 0.1) is 23.4 Å². The van der Waals surface area contributed by atoms with Crippen LogP contribution in [0.3, 0.4) is 0 Å². The molecule has 4 N–H and O–H groups in total. The van der Waals surface area contributed by atoms with E-state index in [-0.39, 0.29) is 24.6 Å². The summed E-state index contributed by atoms with van der Waals surface area (Å²) in [6.07, 6.45) is 1.94. The number of nitrogen functional groups attached to an aromatic ring is 1. The second-order valence-electron chi connectivity index (χ2n) is 5.12. The lowest BCUT2D eigenvalue weighted by Gasteiger charge is -2.28. The van der Waals surface area contributed by atoms with E-state index < -0.39 is 0 Å². The molecule has 1 saturated heterocycles. The summed E-state index contributed by atoms with van der Waals surface area (Å²) in [5, 5.41) is 12.6. The normalized spacial score (nSPS) is 20.9. The fraction of sp³-hybridized carbons (Fsp3) is 0.500. The number of nitrogens with zero attached hydrogens (tertiary/aromatic N) is 1. The van der Waals surface area contributed by atoms with Crippen LogP contribution in [0.4, 0.5) is 11.4 Å². The molecule has 2 unspecified atom stereocenters. The molecule has 1 aliphatic rings. The van der Waals surface area contributed by atoms with Gasteiger partial charge >= 0.3 is 0 Å². The highest BCUT2D eigenvalue weighted by molar-refractivity contribution is 6.33. The van der Waals surface area contributed by atoms with E-state index in [9.17, 15) is 9.90 Å². The zero-order valence-corrected chi connectivity index (χ0v) is 12.2. The van der Waals surface area contributed by atoms with Gasteiger partial charge in [-0.3, -0.25) is 9.69 Å². The van der Waals surface area contributed by atoms with Crippen molar-refractivity contribution >= 4 is 28.9 Å². The minimum Gasteiger partial charge on any atom is -0.397 e. The van der Waals surface area contributed by atoms with Crippen molar-refractivity contribution in [3.63, 3.8) is 0 Å². The van der Waals surface area contributed by atoms with E-state index in [1.807, 2.05) is 11.8 Å². The summed E-state index contributed by atoms with van der Waals surface area (Å²) >= 11 is 5.85. The first-order valence-electron chi connectivity index (χ1n) is 6.75. The molecule has 0 spiro atoms. The Hall–Kier alpha value is -1.30. The lowest BCUT2D eigenvalue weighted by molar-refractivity contribution is -0.121. The highest BCUT2D eigenvalue weighted by atomic mass is 35.5. The third-order valence-corrected chi connectivity index (χ3v) is 4.12. The van der Waals surface area contributed by atoms with Crippen molar-refractivity contribution in [1.82, 2.24) is 4.90 Å². The Bertz CT molecular complexity index is 495. The number of amides is 1. The van der Waals surface area contributed by atoms with Crippen LogP contribution in [0.2, 0.25) is 5.02 Å². The second kappa shape index (κ2) is 6.43. The molecule has 1 amide bonds. The maximum Gasteiger partial charge on any atom is 0.241 e. The molecule has 5 nitrogen and oxygen atoms in total. The molecule has 6 heteroatoms. The van der Waals surface area contributed by atoms with E-state index in [0.717, 1.165) is 19.4 Å². The first-order valence-corrected chi connectivity index (χ1v) is 7.13. The SMILES string of the molecule is CC(C(=O)Nc1ccc(Cl)c(N)c1)N1CCCC1CO. The number of anilines is 2. The fourth-order valence-electron chi connectivity index (χ4n) is 2.58.